The smallest absolute Gasteiger partial charge is 0.342 e. The topological polar surface area (TPSA) is 187 Å². The summed E-state index contributed by atoms with van der Waals surface area (Å²) in [7, 11) is 0. The second kappa shape index (κ2) is 9.07. The molecule has 0 spiro atoms. The van der Waals surface area contributed by atoms with Crippen LogP contribution in [0, 0.1) is 37.6 Å². The van der Waals surface area contributed by atoms with Gasteiger partial charge in [-0.3, -0.25) is 20.2 Å². The molecule has 0 amide bonds. The number of hydrogen-bond donors (Lipinski definition) is 3. The fourth-order valence-electron chi connectivity index (χ4n) is 2.09. The van der Waals surface area contributed by atoms with E-state index in [2.05, 4.69) is 0 Å². The largest absolute Gasteiger partial charge is 0.477 e. The van der Waals surface area contributed by atoms with Crippen molar-refractivity contribution < 1.29 is 29.6 Å². The maximum atomic E-state index is 10.7. The maximum absolute atomic E-state index is 10.7. The molecular formula is C16H14IN3O8. The Hall–Kier alpha value is -3.29. The standard InChI is InChI=1S/C8H6INO4.C8H8N2O4/c2*1-4-2-3-5(8(11)12)7(6(4)9)10(13)14/h2-3H,1H3,(H,11,12);2-3H,9H2,1H3,(H,11,12). The minimum Gasteiger partial charge on any atom is -0.477 e. The molecule has 148 valence electrons. The van der Waals surface area contributed by atoms with Gasteiger partial charge in [-0.1, -0.05) is 12.1 Å². The van der Waals surface area contributed by atoms with Gasteiger partial charge in [0, 0.05) is 0 Å². The van der Waals surface area contributed by atoms with Crippen LogP contribution in [0.25, 0.3) is 0 Å². The van der Waals surface area contributed by atoms with Crippen LogP contribution in [0.15, 0.2) is 24.3 Å². The van der Waals surface area contributed by atoms with Gasteiger partial charge in [-0.25, -0.2) is 9.59 Å². The summed E-state index contributed by atoms with van der Waals surface area (Å²) in [5, 5.41) is 38.6. The van der Waals surface area contributed by atoms with Gasteiger partial charge in [-0.2, -0.15) is 0 Å². The molecule has 0 radical (unpaired) electrons. The zero-order valence-electron chi connectivity index (χ0n) is 14.5. The van der Waals surface area contributed by atoms with E-state index >= 15 is 0 Å². The number of nitro benzene ring substituents is 2. The second-order valence-corrected chi connectivity index (χ2v) is 6.49. The van der Waals surface area contributed by atoms with Crippen molar-refractivity contribution in [1.82, 2.24) is 0 Å². The van der Waals surface area contributed by atoms with Gasteiger partial charge in [0.1, 0.15) is 16.8 Å². The van der Waals surface area contributed by atoms with E-state index in [4.69, 9.17) is 15.9 Å². The molecule has 0 aromatic heterocycles. The average Bonchev–Trinajstić information content (AvgIpc) is 2.58. The normalized spacial score (nSPS) is 9.82. The van der Waals surface area contributed by atoms with Crippen molar-refractivity contribution in [2.45, 2.75) is 13.8 Å². The molecule has 4 N–H and O–H groups in total. The Morgan fingerprint density at radius 2 is 1.29 bits per heavy atom. The third-order valence-electron chi connectivity index (χ3n) is 3.57. The molecule has 0 aliphatic heterocycles. The molecule has 0 fully saturated rings. The van der Waals surface area contributed by atoms with E-state index in [1.54, 1.807) is 42.5 Å². The molecule has 0 aliphatic carbocycles. The summed E-state index contributed by atoms with van der Waals surface area (Å²) in [6.45, 7) is 3.27. The van der Waals surface area contributed by atoms with Crippen LogP contribution in [0.1, 0.15) is 31.8 Å². The number of carboxylic acid groups (broad SMARTS) is 2. The van der Waals surface area contributed by atoms with Crippen molar-refractivity contribution in [1.29, 1.82) is 0 Å². The van der Waals surface area contributed by atoms with E-state index < -0.39 is 33.0 Å². The molecule has 0 saturated heterocycles. The zero-order valence-corrected chi connectivity index (χ0v) is 16.7. The maximum Gasteiger partial charge on any atom is 0.342 e. The molecule has 2 rings (SSSR count). The number of benzene rings is 2. The van der Waals surface area contributed by atoms with Crippen molar-refractivity contribution in [3.05, 3.63) is 70.3 Å². The van der Waals surface area contributed by atoms with Gasteiger partial charge in [0.05, 0.1) is 13.4 Å². The Morgan fingerprint density at radius 3 is 1.68 bits per heavy atom. The lowest BCUT2D eigenvalue weighted by Crippen LogP contribution is -2.06. The Bertz CT molecular complexity index is 911. The summed E-state index contributed by atoms with van der Waals surface area (Å²) in [5.41, 5.74) is 4.96. The van der Waals surface area contributed by atoms with Gasteiger partial charge in [-0.15, -0.1) is 0 Å². The van der Waals surface area contributed by atoms with Crippen LogP contribution >= 0.6 is 22.6 Å². The molecular weight excluding hydrogens is 489 g/mol. The summed E-state index contributed by atoms with van der Waals surface area (Å²) in [6.07, 6.45) is 0. The number of nitro groups is 2. The highest BCUT2D eigenvalue weighted by Gasteiger charge is 2.25. The minimum absolute atomic E-state index is 0.102. The average molecular weight is 503 g/mol. The van der Waals surface area contributed by atoms with Crippen LogP contribution in [0.5, 0.6) is 0 Å². The Labute approximate surface area is 171 Å². The first-order valence-electron chi connectivity index (χ1n) is 7.33. The predicted molar refractivity (Wildman–Crippen MR) is 107 cm³/mol. The molecule has 0 saturated carbocycles. The third kappa shape index (κ3) is 4.91. The Kier molecular flexibility index (Phi) is 7.37. The number of hydrogen-bond acceptors (Lipinski definition) is 7. The molecule has 0 atom stereocenters. The Balaban J connectivity index is 0.000000280. The number of carboxylic acids is 2. The molecule has 0 unspecified atom stereocenters. The minimum atomic E-state index is -1.36. The molecule has 12 heteroatoms. The number of nitrogen functional groups attached to an aromatic ring is 1. The van der Waals surface area contributed by atoms with E-state index in [0.29, 0.717) is 14.7 Å². The van der Waals surface area contributed by atoms with Crippen molar-refractivity contribution in [3.63, 3.8) is 0 Å². The van der Waals surface area contributed by atoms with Crippen molar-refractivity contribution in [3.8, 4) is 0 Å². The lowest BCUT2D eigenvalue weighted by atomic mass is 10.1. The van der Waals surface area contributed by atoms with Crippen LogP contribution in [0.2, 0.25) is 0 Å². The highest BCUT2D eigenvalue weighted by Crippen LogP contribution is 2.29. The van der Waals surface area contributed by atoms with Gasteiger partial charge in [-0.05, 0) is 59.7 Å². The molecule has 28 heavy (non-hydrogen) atoms. The number of halogens is 1. The molecule has 0 bridgehead atoms. The lowest BCUT2D eigenvalue weighted by molar-refractivity contribution is -0.386. The molecule has 2 aromatic carbocycles. The third-order valence-corrected chi connectivity index (χ3v) is 4.93. The van der Waals surface area contributed by atoms with Gasteiger partial charge < -0.3 is 15.9 Å². The summed E-state index contributed by atoms with van der Waals surface area (Å²) >= 11 is 1.77. The quantitative estimate of drug-likeness (QED) is 0.243. The van der Waals surface area contributed by atoms with Crippen LogP contribution in [0.4, 0.5) is 17.1 Å². The molecule has 0 heterocycles. The van der Waals surface area contributed by atoms with Crippen molar-refractivity contribution >= 4 is 51.6 Å². The van der Waals surface area contributed by atoms with Crippen LogP contribution < -0.4 is 5.73 Å². The fraction of sp³-hybridized carbons (Fsp3) is 0.125. The van der Waals surface area contributed by atoms with E-state index in [9.17, 15) is 29.8 Å². The van der Waals surface area contributed by atoms with E-state index in [1.165, 1.54) is 18.2 Å². The number of rotatable bonds is 4. The Morgan fingerprint density at radius 1 is 0.893 bits per heavy atom. The van der Waals surface area contributed by atoms with E-state index in [-0.39, 0.29) is 16.9 Å². The molecule has 0 aliphatic rings. The molecule has 2 aromatic rings. The summed E-state index contributed by atoms with van der Waals surface area (Å²) in [4.78, 5) is 41.1. The summed E-state index contributed by atoms with van der Waals surface area (Å²) in [6, 6.07) is 5.41. The summed E-state index contributed by atoms with van der Waals surface area (Å²) < 4.78 is 0.368. The van der Waals surface area contributed by atoms with Crippen molar-refractivity contribution in [2.75, 3.05) is 5.73 Å². The first kappa shape index (κ1) is 22.8. The SMILES string of the molecule is Cc1ccc(C(=O)O)c([N+](=O)[O-])c1I.Cc1ccc(C(=O)O)c([N+](=O)[O-])c1N. The van der Waals surface area contributed by atoms with E-state index in [0.717, 1.165) is 0 Å². The number of nitrogens with zero attached hydrogens (tertiary/aromatic N) is 2. The lowest BCUT2D eigenvalue weighted by Gasteiger charge is -2.03. The second-order valence-electron chi connectivity index (χ2n) is 5.41. The van der Waals surface area contributed by atoms with Gasteiger partial charge >= 0.3 is 17.6 Å². The van der Waals surface area contributed by atoms with Gasteiger partial charge in [0.15, 0.2) is 0 Å². The molecule has 11 nitrogen and oxygen atoms in total. The monoisotopic (exact) mass is 503 g/mol. The van der Waals surface area contributed by atoms with Crippen molar-refractivity contribution in [2.24, 2.45) is 0 Å². The number of anilines is 1. The highest BCUT2D eigenvalue weighted by atomic mass is 127. The zero-order chi connectivity index (χ0) is 21.8. The predicted octanol–water partition coefficient (Wildman–Crippen LogP) is 3.39. The highest BCUT2D eigenvalue weighted by molar-refractivity contribution is 14.1. The number of carbonyl (C=O) groups is 2. The number of aryl methyl sites for hydroxylation is 2. The van der Waals surface area contributed by atoms with E-state index in [1.807, 2.05) is 0 Å². The van der Waals surface area contributed by atoms with Crippen LogP contribution in [0.3, 0.4) is 0 Å². The number of nitrogens with two attached hydrogens (primary N) is 1. The first-order chi connectivity index (χ1) is 12.9. The van der Waals surface area contributed by atoms with Crippen LogP contribution in [-0.4, -0.2) is 32.0 Å². The summed E-state index contributed by atoms with van der Waals surface area (Å²) in [5.74, 6) is -2.64. The first-order valence-corrected chi connectivity index (χ1v) is 8.41. The fourth-order valence-corrected chi connectivity index (χ4v) is 2.76. The van der Waals surface area contributed by atoms with Crippen LogP contribution in [-0.2, 0) is 0 Å². The number of aromatic carboxylic acids is 2. The van der Waals surface area contributed by atoms with Gasteiger partial charge in [0.25, 0.3) is 5.69 Å². The van der Waals surface area contributed by atoms with Gasteiger partial charge in [0.2, 0.25) is 0 Å².